The summed E-state index contributed by atoms with van der Waals surface area (Å²) in [6, 6.07) is 49.2. The van der Waals surface area contributed by atoms with Gasteiger partial charge in [-0.3, -0.25) is 33.2 Å². The lowest BCUT2D eigenvalue weighted by atomic mass is 9.73. The number of piperazine rings is 1. The molecule has 4 amide bonds. The summed E-state index contributed by atoms with van der Waals surface area (Å²) < 4.78 is 7.78. The average molecular weight is 1990 g/mol. The summed E-state index contributed by atoms with van der Waals surface area (Å²) in [4.78, 5) is 62.4. The van der Waals surface area contributed by atoms with Crippen molar-refractivity contribution in [2.45, 2.75) is 198 Å². The first kappa shape index (κ1) is 97.8. The van der Waals surface area contributed by atoms with Gasteiger partial charge in [0.25, 0.3) is 0 Å². The van der Waals surface area contributed by atoms with Gasteiger partial charge in [-0.1, -0.05) is 216 Å². The zero-order chi connectivity index (χ0) is 95.6. The number of amides is 4. The minimum Gasteiger partial charge on any atom is -0.368 e. The van der Waals surface area contributed by atoms with Crippen LogP contribution < -0.4 is 27.4 Å². The maximum absolute atomic E-state index is 13.4. The lowest BCUT2D eigenvalue weighted by Crippen LogP contribution is -2.57. The molecule has 3 aliphatic carbocycles. The zero-order valence-electron chi connectivity index (χ0n) is 77.3. The lowest BCUT2D eigenvalue weighted by Gasteiger charge is -2.42. The van der Waals surface area contributed by atoms with Gasteiger partial charge in [0.2, 0.25) is 23.6 Å². The minimum atomic E-state index is -0.665. The van der Waals surface area contributed by atoms with E-state index < -0.39 is 11.1 Å². The Morgan fingerprint density at radius 2 is 0.912 bits per heavy atom. The number of hydrogen-bond donors (Lipinski definition) is 4. The highest BCUT2D eigenvalue weighted by atomic mass is 35.5. The zero-order valence-corrected chi connectivity index (χ0v) is 83.4. The van der Waals surface area contributed by atoms with Crippen molar-refractivity contribution < 1.29 is 19.2 Å². The van der Waals surface area contributed by atoms with E-state index in [1.807, 2.05) is 131 Å². The highest BCUT2D eigenvalue weighted by molar-refractivity contribution is 6.37. The Hall–Kier alpha value is -9.88. The fourth-order valence-corrected chi connectivity index (χ4v) is 23.5. The molecule has 23 nitrogen and oxygen atoms in total. The van der Waals surface area contributed by atoms with Crippen LogP contribution in [0.1, 0.15) is 219 Å². The first-order valence-corrected chi connectivity index (χ1v) is 50.6. The molecular weight excluding hydrogens is 1870 g/mol. The molecule has 5 fully saturated rings. The van der Waals surface area contributed by atoms with Crippen molar-refractivity contribution in [2.75, 3.05) is 76.9 Å². The fraction of sp³-hybridized carbons (Fsp3) is 0.410. The number of fused-ring (bicyclic) bond motifs is 4. The predicted molar refractivity (Wildman–Crippen MR) is 550 cm³/mol. The van der Waals surface area contributed by atoms with E-state index in [1.54, 1.807) is 24.3 Å². The molecule has 9 heterocycles. The number of anilines is 1. The molecule has 710 valence electrons. The van der Waals surface area contributed by atoms with E-state index in [2.05, 4.69) is 135 Å². The molecule has 0 spiro atoms. The smallest absolute Gasteiger partial charge is 0.242 e. The molecule has 12 aromatic rings. The van der Waals surface area contributed by atoms with Crippen LogP contribution >= 0.6 is 92.8 Å². The molecule has 5 aliphatic heterocycles. The van der Waals surface area contributed by atoms with Crippen LogP contribution in [0.2, 0.25) is 40.2 Å². The molecule has 4 aromatic heterocycles. The van der Waals surface area contributed by atoms with Crippen molar-refractivity contribution in [2.24, 2.45) is 22.6 Å². The Morgan fingerprint density at radius 3 is 1.33 bits per heavy atom. The van der Waals surface area contributed by atoms with Crippen LogP contribution in [0.15, 0.2) is 176 Å². The lowest BCUT2D eigenvalue weighted by molar-refractivity contribution is -0.143. The van der Waals surface area contributed by atoms with E-state index in [0.717, 1.165) is 218 Å². The van der Waals surface area contributed by atoms with Gasteiger partial charge in [-0.05, 0) is 258 Å². The molecule has 8 aliphatic rings. The predicted octanol–water partition coefficient (Wildman–Crippen LogP) is 22.2. The van der Waals surface area contributed by atoms with Gasteiger partial charge in [-0.2, -0.15) is 20.6 Å². The number of nitrogens with one attached hydrogen (secondary N) is 1. The molecule has 0 radical (unpaired) electrons. The first-order valence-electron chi connectivity index (χ1n) is 47.5. The summed E-state index contributed by atoms with van der Waals surface area (Å²) >= 11 is 50.2. The second-order valence-corrected chi connectivity index (χ2v) is 41.2. The maximum atomic E-state index is 13.4. The number of hydrogen-bond acceptors (Lipinski definition) is 15. The van der Waals surface area contributed by atoms with Gasteiger partial charge in [0.1, 0.15) is 11.6 Å². The van der Waals surface area contributed by atoms with Crippen molar-refractivity contribution in [1.29, 1.82) is 5.26 Å². The van der Waals surface area contributed by atoms with Crippen molar-refractivity contribution in [3.63, 3.8) is 0 Å². The largest absolute Gasteiger partial charge is 0.368 e. The molecule has 20 rings (SSSR count). The summed E-state index contributed by atoms with van der Waals surface area (Å²) in [5.74, 6) is 0.673. The van der Waals surface area contributed by atoms with Crippen molar-refractivity contribution in [3.8, 4) is 6.07 Å². The topological polar surface area (TPSA) is 283 Å². The van der Waals surface area contributed by atoms with E-state index in [-0.39, 0.29) is 65.3 Å². The highest BCUT2D eigenvalue weighted by Crippen LogP contribution is 2.43. The number of nitrogens with zero attached hydrogens (tertiary/aromatic N) is 15. The molecule has 136 heavy (non-hydrogen) atoms. The van der Waals surface area contributed by atoms with Crippen LogP contribution in [-0.4, -0.2) is 183 Å². The number of carbonyl (C=O) groups is 4. The monoisotopic (exact) mass is 1990 g/mol. The summed E-state index contributed by atoms with van der Waals surface area (Å²) in [7, 11) is 0. The standard InChI is InChI=1S/C28H32Cl2N4O.C26H28Cl2N6O.C26H28Cl2N4O.C25H27Cl2N5O/c1-19(24-8-7-23(29)16-25(24)30)34-26-15-21(5-6-22(26)17-32-34)20-9-13-33(14-10-20)27(35)28(18-31)11-3-2-4-12-28;1-16-15-32(10-11-33(16)26(35)23-4-3-9-30-23)19-6-8-21-24(14-29)31-34(25(21)13-19)17(2)20-7-5-18(27)12-22(20)28;1-17(22-7-6-21(27)15-23(22)28)32-24-14-19(4-5-20(24)16-30-32)18-8-12-31(13-9-18)25(33)26(29)10-2-3-11-26;1-16(20-6-5-19(26)15-21(20)27)32-23-14-18(4-7-22(23)29-30-32)17-8-12-31(13-9-17)24(33)25(28)10-2-3-11-25/h5-9,15-17,19H,2-4,10-14,18,31H2,1H3;5-8,12-13,16-17,23,30H,3-4,9-11,15H2,1-2H3;4-8,14-17H,2-3,9-13,29H2,1H3;4-8,14-16H,2-3,9-13,28H2,1H3/t;16-,17?,23-;;/m.1../s1. The van der Waals surface area contributed by atoms with Gasteiger partial charge in [-0.25, -0.2) is 4.68 Å². The van der Waals surface area contributed by atoms with Crippen LogP contribution in [0, 0.1) is 16.7 Å². The maximum Gasteiger partial charge on any atom is 0.242 e. The van der Waals surface area contributed by atoms with E-state index in [9.17, 15) is 24.4 Å². The average Bonchev–Trinajstić information content (AvgIpc) is 1.59. The quantitative estimate of drug-likeness (QED) is 0.0659. The molecular formula is C105H115Cl8N19O4. The Bertz CT molecular complexity index is 6450. The van der Waals surface area contributed by atoms with Gasteiger partial charge < -0.3 is 47.0 Å². The van der Waals surface area contributed by atoms with Crippen molar-refractivity contribution in [1.82, 2.24) is 69.3 Å². The summed E-state index contributed by atoms with van der Waals surface area (Å²) in [6.45, 7) is 17.9. The van der Waals surface area contributed by atoms with Crippen LogP contribution in [0.3, 0.4) is 0 Å². The first-order chi connectivity index (χ1) is 65.5. The van der Waals surface area contributed by atoms with Gasteiger partial charge >= 0.3 is 0 Å². The Balaban J connectivity index is 0.000000126. The Kier molecular flexibility index (Phi) is 30.2. The van der Waals surface area contributed by atoms with E-state index in [0.29, 0.717) is 91.7 Å². The molecule has 3 saturated carbocycles. The van der Waals surface area contributed by atoms with Gasteiger partial charge in [0.15, 0.2) is 5.69 Å². The number of aromatic nitrogens is 9. The third-order valence-electron chi connectivity index (χ3n) is 29.3. The fourth-order valence-electron chi connectivity index (χ4n) is 21.2. The number of carbonyl (C=O) groups excluding carboxylic acids is 4. The molecule has 2 saturated heterocycles. The van der Waals surface area contributed by atoms with E-state index in [1.165, 1.54) is 28.7 Å². The second-order valence-electron chi connectivity index (χ2n) is 37.9. The van der Waals surface area contributed by atoms with Gasteiger partial charge in [-0.15, -0.1) is 5.10 Å². The molecule has 31 heteroatoms. The number of benzene rings is 8. The van der Waals surface area contributed by atoms with E-state index in [4.69, 9.17) is 110 Å². The van der Waals surface area contributed by atoms with Crippen LogP contribution in [-0.2, 0) is 19.2 Å². The molecule has 7 N–H and O–H groups in total. The Labute approximate surface area is 834 Å². The molecule has 6 atom stereocenters. The summed E-state index contributed by atoms with van der Waals surface area (Å²) in [5, 5.41) is 43.5. The number of nitriles is 1. The van der Waals surface area contributed by atoms with Gasteiger partial charge in [0, 0.05) is 134 Å². The van der Waals surface area contributed by atoms with Crippen LogP contribution in [0.5, 0.6) is 0 Å². The van der Waals surface area contributed by atoms with Gasteiger partial charge in [0.05, 0.1) is 81.2 Å². The summed E-state index contributed by atoms with van der Waals surface area (Å²) in [6.07, 6.45) is 27.4. The molecule has 8 aromatic carbocycles. The van der Waals surface area contributed by atoms with Crippen LogP contribution in [0.25, 0.3) is 60.5 Å². The molecule has 4 unspecified atom stereocenters. The third-order valence-corrected chi connectivity index (χ3v) is 31.6. The second kappa shape index (κ2) is 42.0. The summed E-state index contributed by atoms with van der Waals surface area (Å²) in [5.41, 5.74) is 34.4. The minimum absolute atomic E-state index is 0.0380. The molecule has 0 bridgehead atoms. The van der Waals surface area contributed by atoms with Crippen molar-refractivity contribution in [3.05, 3.63) is 261 Å². The highest BCUT2D eigenvalue weighted by Gasteiger charge is 2.44. The van der Waals surface area contributed by atoms with Crippen molar-refractivity contribution >= 4 is 183 Å². The van der Waals surface area contributed by atoms with Crippen LogP contribution in [0.4, 0.5) is 5.69 Å². The van der Waals surface area contributed by atoms with E-state index >= 15 is 0 Å². The number of nitrogens with two attached hydrogens (primary N) is 3. The SMILES string of the molecule is CC(c1ccc(Cl)cc1Cl)n1nc(C#N)c2ccc(N3CCN(C(=O)[C@H]4CCCN4)[C@H](C)C3)cc21.CC(c1ccc(Cl)cc1Cl)n1ncc2ccc(C3=CCN(C(=O)C4(CN)CCCCC4)CC3)cc21.CC(c1ccc(Cl)cc1Cl)n1ncc2ccc(C3=CCN(C(=O)C4(N)CCCC4)CC3)cc21.CC(c1ccc(Cl)cc1Cl)n1nnc2ccc(C3=CCN(C(=O)C4(N)CCCC4)CC3)cc21. The Morgan fingerprint density at radius 1 is 0.478 bits per heavy atom. The normalized spacial score (nSPS) is 19.6. The third kappa shape index (κ3) is 20.6. The number of halogens is 8. The number of rotatable bonds is 17.